The predicted molar refractivity (Wildman–Crippen MR) is 92.6 cm³/mol. The SMILES string of the molecule is O=C(CSc1ncc(-c2ccc(F)cc2)[nH]1)Nc1ccc(Cl)cn1. The minimum atomic E-state index is -0.291. The van der Waals surface area contributed by atoms with E-state index in [0.717, 1.165) is 11.3 Å². The number of hydrogen-bond acceptors (Lipinski definition) is 4. The van der Waals surface area contributed by atoms with E-state index in [9.17, 15) is 9.18 Å². The van der Waals surface area contributed by atoms with Crippen molar-refractivity contribution in [1.82, 2.24) is 15.0 Å². The van der Waals surface area contributed by atoms with Crippen LogP contribution in [0.1, 0.15) is 0 Å². The van der Waals surface area contributed by atoms with Gasteiger partial charge in [0, 0.05) is 6.20 Å². The number of pyridine rings is 1. The number of hydrogen-bond donors (Lipinski definition) is 2. The lowest BCUT2D eigenvalue weighted by molar-refractivity contribution is -0.113. The molecule has 2 heterocycles. The zero-order valence-corrected chi connectivity index (χ0v) is 13.9. The van der Waals surface area contributed by atoms with Crippen molar-refractivity contribution in [3.8, 4) is 11.3 Å². The summed E-state index contributed by atoms with van der Waals surface area (Å²) in [7, 11) is 0. The van der Waals surface area contributed by atoms with Gasteiger partial charge in [-0.3, -0.25) is 4.79 Å². The summed E-state index contributed by atoms with van der Waals surface area (Å²) in [5.74, 6) is 0.132. The monoisotopic (exact) mass is 362 g/mol. The Balaban J connectivity index is 1.56. The second-order valence-corrected chi connectivity index (χ2v) is 6.21. The molecule has 0 atom stereocenters. The molecular formula is C16H12ClFN4OS. The Morgan fingerprint density at radius 2 is 1.96 bits per heavy atom. The lowest BCUT2D eigenvalue weighted by Gasteiger charge is -2.03. The third-order valence-electron chi connectivity index (χ3n) is 3.04. The largest absolute Gasteiger partial charge is 0.333 e. The lowest BCUT2D eigenvalue weighted by Crippen LogP contribution is -2.14. The minimum Gasteiger partial charge on any atom is -0.333 e. The fourth-order valence-electron chi connectivity index (χ4n) is 1.92. The lowest BCUT2D eigenvalue weighted by atomic mass is 10.2. The van der Waals surface area contributed by atoms with E-state index in [4.69, 9.17) is 11.6 Å². The maximum Gasteiger partial charge on any atom is 0.236 e. The Kier molecular flexibility index (Phi) is 5.12. The molecule has 0 bridgehead atoms. The van der Waals surface area contributed by atoms with E-state index in [1.165, 1.54) is 30.1 Å². The van der Waals surface area contributed by atoms with E-state index >= 15 is 0 Å². The van der Waals surface area contributed by atoms with Crippen molar-refractivity contribution in [2.24, 2.45) is 0 Å². The molecule has 0 radical (unpaired) electrons. The first-order valence-corrected chi connectivity index (χ1v) is 8.32. The number of nitrogens with zero attached hydrogens (tertiary/aromatic N) is 2. The van der Waals surface area contributed by atoms with Crippen molar-refractivity contribution >= 4 is 35.1 Å². The second-order valence-electron chi connectivity index (χ2n) is 4.81. The van der Waals surface area contributed by atoms with Crippen LogP contribution in [-0.4, -0.2) is 26.6 Å². The van der Waals surface area contributed by atoms with Crippen molar-refractivity contribution in [1.29, 1.82) is 0 Å². The second kappa shape index (κ2) is 7.46. The Hall–Kier alpha value is -2.38. The van der Waals surface area contributed by atoms with Gasteiger partial charge in [0.2, 0.25) is 5.91 Å². The molecule has 8 heteroatoms. The Morgan fingerprint density at radius 3 is 2.67 bits per heavy atom. The van der Waals surface area contributed by atoms with Crippen molar-refractivity contribution in [3.05, 3.63) is 59.6 Å². The molecule has 1 amide bonds. The predicted octanol–water partition coefficient (Wildman–Crippen LogP) is 4.00. The van der Waals surface area contributed by atoms with Gasteiger partial charge in [-0.05, 0) is 42.0 Å². The van der Waals surface area contributed by atoms with Crippen LogP contribution in [0.5, 0.6) is 0 Å². The molecule has 24 heavy (non-hydrogen) atoms. The van der Waals surface area contributed by atoms with Gasteiger partial charge >= 0.3 is 0 Å². The first-order chi connectivity index (χ1) is 11.6. The molecule has 0 aliphatic carbocycles. The maximum atomic E-state index is 12.9. The number of aromatic amines is 1. The summed E-state index contributed by atoms with van der Waals surface area (Å²) >= 11 is 7.00. The number of carbonyl (C=O) groups excluding carboxylic acids is 1. The van der Waals surface area contributed by atoms with E-state index in [0.29, 0.717) is 16.0 Å². The molecule has 0 unspecified atom stereocenters. The summed E-state index contributed by atoms with van der Waals surface area (Å²) in [4.78, 5) is 23.2. The third-order valence-corrected chi connectivity index (χ3v) is 4.15. The molecule has 2 aromatic heterocycles. The van der Waals surface area contributed by atoms with E-state index < -0.39 is 0 Å². The van der Waals surface area contributed by atoms with Gasteiger partial charge in [-0.15, -0.1) is 0 Å². The number of H-pyrrole nitrogens is 1. The minimum absolute atomic E-state index is 0.181. The van der Waals surface area contributed by atoms with Crippen LogP contribution in [-0.2, 0) is 4.79 Å². The van der Waals surface area contributed by atoms with E-state index in [-0.39, 0.29) is 17.5 Å². The highest BCUT2D eigenvalue weighted by Crippen LogP contribution is 2.21. The van der Waals surface area contributed by atoms with Crippen molar-refractivity contribution < 1.29 is 9.18 Å². The van der Waals surface area contributed by atoms with Crippen LogP contribution in [0.2, 0.25) is 5.02 Å². The molecule has 122 valence electrons. The number of carbonyl (C=O) groups is 1. The molecule has 0 fully saturated rings. The van der Waals surface area contributed by atoms with Gasteiger partial charge in [-0.25, -0.2) is 14.4 Å². The fraction of sp³-hybridized carbons (Fsp3) is 0.0625. The number of rotatable bonds is 5. The Labute approximate surface area is 146 Å². The molecular weight excluding hydrogens is 351 g/mol. The van der Waals surface area contributed by atoms with Crippen molar-refractivity contribution in [2.45, 2.75) is 5.16 Å². The van der Waals surface area contributed by atoms with Crippen LogP contribution in [0.25, 0.3) is 11.3 Å². The standard InChI is InChI=1S/C16H12ClFN4OS/c17-11-3-6-14(19-7-11)22-15(23)9-24-16-20-8-13(21-16)10-1-4-12(18)5-2-10/h1-8H,9H2,(H,20,21)(H,19,22,23). The Morgan fingerprint density at radius 1 is 1.17 bits per heavy atom. The fourth-order valence-corrected chi connectivity index (χ4v) is 2.68. The normalized spacial score (nSPS) is 10.6. The summed E-state index contributed by atoms with van der Waals surface area (Å²) in [5.41, 5.74) is 1.59. The average Bonchev–Trinajstić information content (AvgIpc) is 3.05. The van der Waals surface area contributed by atoms with Gasteiger partial charge < -0.3 is 10.3 Å². The van der Waals surface area contributed by atoms with Gasteiger partial charge in [0.05, 0.1) is 22.7 Å². The number of thioether (sulfide) groups is 1. The highest BCUT2D eigenvalue weighted by atomic mass is 35.5. The summed E-state index contributed by atoms with van der Waals surface area (Å²) in [6, 6.07) is 9.38. The zero-order valence-electron chi connectivity index (χ0n) is 12.3. The molecule has 2 N–H and O–H groups in total. The van der Waals surface area contributed by atoms with Crippen LogP contribution >= 0.6 is 23.4 Å². The number of imidazole rings is 1. The molecule has 0 aliphatic rings. The van der Waals surface area contributed by atoms with Crippen molar-refractivity contribution in [3.63, 3.8) is 0 Å². The molecule has 3 aromatic rings. The van der Waals surface area contributed by atoms with E-state index in [2.05, 4.69) is 20.3 Å². The van der Waals surface area contributed by atoms with E-state index in [1.54, 1.807) is 30.5 Å². The maximum absolute atomic E-state index is 12.9. The smallest absolute Gasteiger partial charge is 0.236 e. The Bertz CT molecular complexity index is 836. The van der Waals surface area contributed by atoms with Gasteiger partial charge in [0.15, 0.2) is 5.16 Å². The first kappa shape index (κ1) is 16.5. The quantitative estimate of drug-likeness (QED) is 0.673. The van der Waals surface area contributed by atoms with Crippen LogP contribution in [0.4, 0.5) is 10.2 Å². The average molecular weight is 363 g/mol. The number of anilines is 1. The van der Waals surface area contributed by atoms with Crippen LogP contribution in [0, 0.1) is 5.82 Å². The number of amides is 1. The van der Waals surface area contributed by atoms with Gasteiger partial charge in [0.25, 0.3) is 0 Å². The number of benzene rings is 1. The molecule has 1 aromatic carbocycles. The van der Waals surface area contributed by atoms with Crippen LogP contribution < -0.4 is 5.32 Å². The molecule has 0 aliphatic heterocycles. The number of nitrogens with one attached hydrogen (secondary N) is 2. The van der Waals surface area contributed by atoms with Gasteiger partial charge in [-0.2, -0.15) is 0 Å². The summed E-state index contributed by atoms with van der Waals surface area (Å²) in [6.45, 7) is 0. The summed E-state index contributed by atoms with van der Waals surface area (Å²) in [6.07, 6.45) is 3.11. The molecule has 0 saturated heterocycles. The summed E-state index contributed by atoms with van der Waals surface area (Å²) < 4.78 is 12.9. The number of halogens is 2. The third kappa shape index (κ3) is 4.33. The topological polar surface area (TPSA) is 70.7 Å². The molecule has 0 spiro atoms. The van der Waals surface area contributed by atoms with Crippen LogP contribution in [0.15, 0.2) is 53.9 Å². The number of aromatic nitrogens is 3. The van der Waals surface area contributed by atoms with Crippen LogP contribution in [0.3, 0.4) is 0 Å². The molecule has 0 saturated carbocycles. The highest BCUT2D eigenvalue weighted by molar-refractivity contribution is 7.99. The highest BCUT2D eigenvalue weighted by Gasteiger charge is 2.08. The molecule has 5 nitrogen and oxygen atoms in total. The van der Waals surface area contributed by atoms with Gasteiger partial charge in [-0.1, -0.05) is 23.4 Å². The zero-order chi connectivity index (χ0) is 16.9. The van der Waals surface area contributed by atoms with E-state index in [1.807, 2.05) is 0 Å². The van der Waals surface area contributed by atoms with Crippen molar-refractivity contribution in [2.75, 3.05) is 11.1 Å². The van der Waals surface area contributed by atoms with Gasteiger partial charge in [0.1, 0.15) is 11.6 Å². The summed E-state index contributed by atoms with van der Waals surface area (Å²) in [5, 5.41) is 3.78. The molecule has 3 rings (SSSR count). The first-order valence-electron chi connectivity index (χ1n) is 6.95.